The second-order valence-corrected chi connectivity index (χ2v) is 6.30. The zero-order valence-electron chi connectivity index (χ0n) is 15.8. The van der Waals surface area contributed by atoms with E-state index in [2.05, 4.69) is 10.5 Å². The van der Waals surface area contributed by atoms with E-state index in [1.54, 1.807) is 19.1 Å². The quantitative estimate of drug-likeness (QED) is 0.462. The highest BCUT2D eigenvalue weighted by atomic mass is 16.7. The van der Waals surface area contributed by atoms with Crippen LogP contribution in [0.2, 0.25) is 0 Å². The minimum Gasteiger partial charge on any atom is -0.491 e. The van der Waals surface area contributed by atoms with E-state index >= 15 is 0 Å². The Hall–Kier alpha value is -3.52. The molecule has 2 heterocycles. The summed E-state index contributed by atoms with van der Waals surface area (Å²) in [6.45, 7) is 2.51. The summed E-state index contributed by atoms with van der Waals surface area (Å²) in [5.74, 6) is 2.74. The second kappa shape index (κ2) is 8.66. The van der Waals surface area contributed by atoms with Gasteiger partial charge in [-0.3, -0.25) is 9.63 Å². The van der Waals surface area contributed by atoms with Crippen molar-refractivity contribution in [2.75, 3.05) is 20.0 Å². The third kappa shape index (κ3) is 4.67. The van der Waals surface area contributed by atoms with Crippen molar-refractivity contribution in [2.45, 2.75) is 13.3 Å². The highest BCUT2D eigenvalue weighted by Crippen LogP contribution is 2.36. The normalized spacial score (nSPS) is 12.0. The topological polar surface area (TPSA) is 92.1 Å². The molecule has 8 heteroatoms. The van der Waals surface area contributed by atoms with Crippen LogP contribution in [0.3, 0.4) is 0 Å². The summed E-state index contributed by atoms with van der Waals surface area (Å²) in [5.41, 5.74) is 3.68. The zero-order chi connectivity index (χ0) is 20.1. The zero-order valence-corrected chi connectivity index (χ0v) is 15.8. The molecule has 150 valence electrons. The molecule has 4 rings (SSSR count). The number of hydrogen-bond acceptors (Lipinski definition) is 7. The molecule has 2 aromatic carbocycles. The van der Waals surface area contributed by atoms with Crippen LogP contribution in [-0.4, -0.2) is 30.9 Å². The van der Waals surface area contributed by atoms with Crippen LogP contribution in [0, 0.1) is 6.92 Å². The number of hydroxylamine groups is 1. The fourth-order valence-electron chi connectivity index (χ4n) is 2.78. The first-order valence-corrected chi connectivity index (χ1v) is 9.14. The monoisotopic (exact) mass is 396 g/mol. The average molecular weight is 396 g/mol. The van der Waals surface area contributed by atoms with Crippen LogP contribution < -0.4 is 19.7 Å². The van der Waals surface area contributed by atoms with Gasteiger partial charge in [-0.15, -0.1) is 0 Å². The molecule has 0 aliphatic carbocycles. The highest BCUT2D eigenvalue weighted by molar-refractivity contribution is 5.77. The molecule has 1 aliphatic rings. The van der Waals surface area contributed by atoms with Gasteiger partial charge in [-0.25, -0.2) is 10.5 Å². The average Bonchev–Trinajstić information content (AvgIpc) is 3.34. The Morgan fingerprint density at radius 1 is 1.10 bits per heavy atom. The van der Waals surface area contributed by atoms with Crippen molar-refractivity contribution < 1.29 is 28.3 Å². The number of oxazole rings is 1. The lowest BCUT2D eigenvalue weighted by molar-refractivity contribution is -0.133. The van der Waals surface area contributed by atoms with Gasteiger partial charge in [-0.05, 0) is 37.3 Å². The minimum absolute atomic E-state index is 0.0411. The van der Waals surface area contributed by atoms with Gasteiger partial charge < -0.3 is 18.6 Å². The van der Waals surface area contributed by atoms with Crippen molar-refractivity contribution >= 4 is 5.91 Å². The van der Waals surface area contributed by atoms with E-state index in [-0.39, 0.29) is 25.7 Å². The number of nitrogens with zero attached hydrogens (tertiary/aromatic N) is 1. The fourth-order valence-corrected chi connectivity index (χ4v) is 2.78. The molecule has 29 heavy (non-hydrogen) atoms. The Morgan fingerprint density at radius 3 is 2.79 bits per heavy atom. The summed E-state index contributed by atoms with van der Waals surface area (Å²) >= 11 is 0. The largest absolute Gasteiger partial charge is 0.491 e. The van der Waals surface area contributed by atoms with Crippen LogP contribution in [-0.2, 0) is 16.1 Å². The van der Waals surface area contributed by atoms with Crippen LogP contribution in [0.4, 0.5) is 0 Å². The Bertz CT molecular complexity index is 986. The van der Waals surface area contributed by atoms with Crippen molar-refractivity contribution in [2.24, 2.45) is 0 Å². The summed E-state index contributed by atoms with van der Waals surface area (Å²) < 4.78 is 21.9. The lowest BCUT2D eigenvalue weighted by Gasteiger charge is -2.07. The smallest absolute Gasteiger partial charge is 0.249 e. The van der Waals surface area contributed by atoms with Gasteiger partial charge in [0.1, 0.15) is 24.7 Å². The van der Waals surface area contributed by atoms with Crippen LogP contribution >= 0.6 is 0 Å². The lowest BCUT2D eigenvalue weighted by atomic mass is 10.2. The van der Waals surface area contributed by atoms with Crippen molar-refractivity contribution in [3.8, 4) is 28.7 Å². The molecular formula is C21H20N2O6. The van der Waals surface area contributed by atoms with E-state index < -0.39 is 0 Å². The number of fused-ring (bicyclic) bond motifs is 1. The number of carbonyl (C=O) groups is 1. The molecule has 0 spiro atoms. The van der Waals surface area contributed by atoms with Crippen molar-refractivity contribution in [1.29, 1.82) is 0 Å². The Kier molecular flexibility index (Phi) is 5.62. The van der Waals surface area contributed by atoms with Gasteiger partial charge in [0.25, 0.3) is 0 Å². The first-order valence-electron chi connectivity index (χ1n) is 9.14. The van der Waals surface area contributed by atoms with Crippen LogP contribution in [0.15, 0.2) is 52.9 Å². The van der Waals surface area contributed by atoms with Gasteiger partial charge in [-0.1, -0.05) is 18.2 Å². The van der Waals surface area contributed by atoms with E-state index in [9.17, 15) is 4.79 Å². The first-order chi connectivity index (χ1) is 14.2. The third-order valence-electron chi connectivity index (χ3n) is 4.22. The second-order valence-electron chi connectivity index (χ2n) is 6.30. The molecule has 3 aromatic rings. The molecular weight excluding hydrogens is 376 g/mol. The Balaban J connectivity index is 1.26. The summed E-state index contributed by atoms with van der Waals surface area (Å²) in [5, 5.41) is 0. The van der Waals surface area contributed by atoms with Crippen molar-refractivity contribution in [3.05, 3.63) is 60.0 Å². The number of aryl methyl sites for hydroxylation is 1. The maximum atomic E-state index is 12.1. The van der Waals surface area contributed by atoms with E-state index in [0.717, 1.165) is 11.3 Å². The summed E-state index contributed by atoms with van der Waals surface area (Å²) in [4.78, 5) is 21.7. The van der Waals surface area contributed by atoms with E-state index in [1.165, 1.54) is 0 Å². The molecule has 0 bridgehead atoms. The predicted molar refractivity (Wildman–Crippen MR) is 103 cm³/mol. The van der Waals surface area contributed by atoms with E-state index in [1.807, 2.05) is 36.4 Å². The molecule has 0 saturated carbocycles. The highest BCUT2D eigenvalue weighted by Gasteiger charge is 2.18. The summed E-state index contributed by atoms with van der Waals surface area (Å²) in [7, 11) is 0. The molecule has 1 N–H and O–H groups in total. The summed E-state index contributed by atoms with van der Waals surface area (Å²) in [6, 6.07) is 14.8. The van der Waals surface area contributed by atoms with Crippen LogP contribution in [0.25, 0.3) is 11.5 Å². The maximum Gasteiger partial charge on any atom is 0.249 e. The van der Waals surface area contributed by atoms with Crippen molar-refractivity contribution in [3.63, 3.8) is 0 Å². The molecule has 1 amide bonds. The van der Waals surface area contributed by atoms with Gasteiger partial charge in [0.05, 0.1) is 12.1 Å². The van der Waals surface area contributed by atoms with Crippen LogP contribution in [0.1, 0.15) is 11.5 Å². The molecule has 0 radical (unpaired) electrons. The molecule has 0 unspecified atom stereocenters. The Morgan fingerprint density at radius 2 is 1.93 bits per heavy atom. The lowest BCUT2D eigenvalue weighted by Crippen LogP contribution is -2.27. The SMILES string of the molecule is Cc1oc(-c2ccc3c(c2)OCO3)nc1CC(=O)NOCCOc1ccccc1. The number of rotatable bonds is 8. The number of carbonyl (C=O) groups excluding carboxylic acids is 1. The first kappa shape index (κ1) is 18.8. The molecule has 0 fully saturated rings. The van der Waals surface area contributed by atoms with E-state index in [4.69, 9.17) is 23.5 Å². The standard InChI is InChI=1S/C21H20N2O6/c1-14-17(12-20(24)23-28-10-9-25-16-5-3-2-4-6-16)22-21(29-14)15-7-8-18-19(11-15)27-13-26-18/h2-8,11H,9-10,12-13H2,1H3,(H,23,24). The number of para-hydroxylation sites is 1. The van der Waals surface area contributed by atoms with Crippen LogP contribution in [0.5, 0.6) is 17.2 Å². The van der Waals surface area contributed by atoms with Gasteiger partial charge in [0, 0.05) is 5.56 Å². The molecule has 1 aliphatic heterocycles. The molecule has 0 saturated heterocycles. The number of nitrogens with one attached hydrogen (secondary N) is 1. The third-order valence-corrected chi connectivity index (χ3v) is 4.22. The van der Waals surface area contributed by atoms with Gasteiger partial charge in [-0.2, -0.15) is 0 Å². The number of ether oxygens (including phenoxy) is 3. The van der Waals surface area contributed by atoms with Gasteiger partial charge >= 0.3 is 0 Å². The molecule has 8 nitrogen and oxygen atoms in total. The number of aromatic nitrogens is 1. The van der Waals surface area contributed by atoms with E-state index in [0.29, 0.717) is 35.5 Å². The number of hydrogen-bond donors (Lipinski definition) is 1. The summed E-state index contributed by atoms with van der Waals surface area (Å²) in [6.07, 6.45) is 0.0411. The van der Waals surface area contributed by atoms with Gasteiger partial charge in [0.2, 0.25) is 18.6 Å². The molecule has 0 atom stereocenters. The molecule has 1 aromatic heterocycles. The Labute approximate surface area is 167 Å². The number of amides is 1. The van der Waals surface area contributed by atoms with Crippen molar-refractivity contribution in [1.82, 2.24) is 10.5 Å². The maximum absolute atomic E-state index is 12.1. The van der Waals surface area contributed by atoms with Gasteiger partial charge in [0.15, 0.2) is 11.5 Å². The fraction of sp³-hybridized carbons (Fsp3) is 0.238. The number of benzene rings is 2. The minimum atomic E-state index is -0.321. The predicted octanol–water partition coefficient (Wildman–Crippen LogP) is 3.05.